The molecule has 0 saturated carbocycles. The highest BCUT2D eigenvalue weighted by molar-refractivity contribution is 7.93. The Hall–Kier alpha value is -2.67. The molecule has 3 rings (SSSR count). The SMILES string of the molecule is CC(C)(C)S(=O)(=O)CC(=O)NC(c1cccnc1)c1cc2ccccc2o1. The van der Waals surface area contributed by atoms with Gasteiger partial charge in [0.1, 0.15) is 23.1 Å². The maximum atomic E-state index is 12.5. The van der Waals surface area contributed by atoms with Gasteiger partial charge in [-0.05, 0) is 39.0 Å². The summed E-state index contributed by atoms with van der Waals surface area (Å²) in [4.78, 5) is 16.6. The molecule has 1 atom stereocenters. The van der Waals surface area contributed by atoms with E-state index in [1.54, 1.807) is 39.2 Å². The van der Waals surface area contributed by atoms with E-state index in [0.29, 0.717) is 16.9 Å². The third-order valence-corrected chi connectivity index (χ3v) is 6.81. The number of hydrogen-bond acceptors (Lipinski definition) is 5. The first-order valence-corrected chi connectivity index (χ1v) is 10.2. The fourth-order valence-corrected chi connectivity index (χ4v) is 3.46. The van der Waals surface area contributed by atoms with Crippen molar-refractivity contribution in [3.63, 3.8) is 0 Å². The van der Waals surface area contributed by atoms with Gasteiger partial charge in [-0.15, -0.1) is 0 Å². The van der Waals surface area contributed by atoms with Crippen molar-refractivity contribution in [3.8, 4) is 0 Å². The van der Waals surface area contributed by atoms with Crippen LogP contribution in [0.5, 0.6) is 0 Å². The van der Waals surface area contributed by atoms with Gasteiger partial charge >= 0.3 is 0 Å². The standard InChI is InChI=1S/C20H22N2O4S/c1-20(2,3)27(24,25)13-18(23)22-19(15-8-6-10-21-12-15)17-11-14-7-4-5-9-16(14)26-17/h4-12,19H,13H2,1-3H3,(H,22,23). The Bertz CT molecular complexity index is 1020. The second kappa shape index (κ2) is 7.15. The van der Waals surface area contributed by atoms with E-state index in [9.17, 15) is 13.2 Å². The van der Waals surface area contributed by atoms with E-state index in [-0.39, 0.29) is 0 Å². The number of para-hydroxylation sites is 1. The van der Waals surface area contributed by atoms with Gasteiger partial charge in [-0.2, -0.15) is 0 Å². The number of sulfone groups is 1. The molecular formula is C20H22N2O4S. The number of furan rings is 1. The molecule has 6 nitrogen and oxygen atoms in total. The van der Waals surface area contributed by atoms with Gasteiger partial charge in [0, 0.05) is 23.3 Å². The van der Waals surface area contributed by atoms with Crippen LogP contribution in [0.2, 0.25) is 0 Å². The lowest BCUT2D eigenvalue weighted by Crippen LogP contribution is -2.39. The van der Waals surface area contributed by atoms with Gasteiger partial charge in [0.15, 0.2) is 9.84 Å². The molecule has 2 heterocycles. The molecule has 2 aromatic heterocycles. The Morgan fingerprint density at radius 1 is 1.19 bits per heavy atom. The minimum absolute atomic E-state index is 0.519. The topological polar surface area (TPSA) is 89.3 Å². The largest absolute Gasteiger partial charge is 0.459 e. The van der Waals surface area contributed by atoms with E-state index in [4.69, 9.17) is 4.42 Å². The maximum absolute atomic E-state index is 12.5. The number of hydrogen-bond donors (Lipinski definition) is 1. The van der Waals surface area contributed by atoms with Crippen LogP contribution in [-0.4, -0.2) is 29.8 Å². The van der Waals surface area contributed by atoms with Gasteiger partial charge in [0.2, 0.25) is 5.91 Å². The molecule has 7 heteroatoms. The summed E-state index contributed by atoms with van der Waals surface area (Å²) in [7, 11) is -3.59. The van der Waals surface area contributed by atoms with Crippen LogP contribution in [0.1, 0.15) is 38.1 Å². The lowest BCUT2D eigenvalue weighted by molar-refractivity contribution is -0.119. The van der Waals surface area contributed by atoms with Crippen molar-refractivity contribution >= 4 is 26.7 Å². The molecule has 0 saturated heterocycles. The average Bonchev–Trinajstić information content (AvgIpc) is 3.03. The third-order valence-electron chi connectivity index (χ3n) is 4.31. The number of amides is 1. The van der Waals surface area contributed by atoms with E-state index >= 15 is 0 Å². The zero-order chi connectivity index (χ0) is 19.7. The molecule has 27 heavy (non-hydrogen) atoms. The van der Waals surface area contributed by atoms with Gasteiger partial charge in [-0.3, -0.25) is 9.78 Å². The molecule has 0 aliphatic rings. The maximum Gasteiger partial charge on any atom is 0.236 e. The Labute approximate surface area is 158 Å². The quantitative estimate of drug-likeness (QED) is 0.727. The van der Waals surface area contributed by atoms with Gasteiger partial charge in [-0.1, -0.05) is 24.3 Å². The number of aromatic nitrogens is 1. The molecule has 0 radical (unpaired) electrons. The Morgan fingerprint density at radius 3 is 2.56 bits per heavy atom. The number of fused-ring (bicyclic) bond motifs is 1. The highest BCUT2D eigenvalue weighted by atomic mass is 32.2. The van der Waals surface area contributed by atoms with Gasteiger partial charge in [0.25, 0.3) is 0 Å². The van der Waals surface area contributed by atoms with E-state index in [1.807, 2.05) is 36.4 Å². The van der Waals surface area contributed by atoms with Gasteiger partial charge in [-0.25, -0.2) is 8.42 Å². The summed E-state index contributed by atoms with van der Waals surface area (Å²) >= 11 is 0. The lowest BCUT2D eigenvalue weighted by Gasteiger charge is -2.21. The number of carbonyl (C=O) groups is 1. The number of carbonyl (C=O) groups excluding carboxylic acids is 1. The first-order chi connectivity index (χ1) is 12.7. The highest BCUT2D eigenvalue weighted by Crippen LogP contribution is 2.28. The first-order valence-electron chi connectivity index (χ1n) is 8.57. The summed E-state index contributed by atoms with van der Waals surface area (Å²) < 4.78 is 29.6. The van der Waals surface area contributed by atoms with Crippen LogP contribution in [0.25, 0.3) is 11.0 Å². The predicted octanol–water partition coefficient (Wildman–Crippen LogP) is 3.25. The summed E-state index contributed by atoms with van der Waals surface area (Å²) in [6, 6.07) is 12.3. The molecule has 0 aliphatic heterocycles. The van der Waals surface area contributed by atoms with Crippen LogP contribution >= 0.6 is 0 Å². The number of rotatable bonds is 5. The smallest absolute Gasteiger partial charge is 0.236 e. The molecule has 0 spiro atoms. The molecular weight excluding hydrogens is 364 g/mol. The summed E-state index contributed by atoms with van der Waals surface area (Å²) in [5.74, 6) is -0.655. The van der Waals surface area contributed by atoms with E-state index in [1.165, 1.54) is 0 Å². The van der Waals surface area contributed by atoms with Crippen molar-refractivity contribution in [2.75, 3.05) is 5.75 Å². The summed E-state index contributed by atoms with van der Waals surface area (Å²) in [5, 5.41) is 3.69. The molecule has 0 aliphatic carbocycles. The van der Waals surface area contributed by atoms with Crippen LogP contribution in [-0.2, 0) is 14.6 Å². The van der Waals surface area contributed by atoms with E-state index in [0.717, 1.165) is 5.39 Å². The predicted molar refractivity (Wildman–Crippen MR) is 104 cm³/mol. The fourth-order valence-electron chi connectivity index (χ4n) is 2.60. The van der Waals surface area contributed by atoms with Crippen molar-refractivity contribution in [1.29, 1.82) is 0 Å². The van der Waals surface area contributed by atoms with Crippen molar-refractivity contribution in [2.45, 2.75) is 31.6 Å². The van der Waals surface area contributed by atoms with Crippen molar-refractivity contribution in [1.82, 2.24) is 10.3 Å². The van der Waals surface area contributed by atoms with Crippen LogP contribution in [0.4, 0.5) is 0 Å². The van der Waals surface area contributed by atoms with Crippen LogP contribution < -0.4 is 5.32 Å². The minimum atomic E-state index is -3.59. The number of pyridine rings is 1. The molecule has 1 N–H and O–H groups in total. The van der Waals surface area contributed by atoms with Crippen molar-refractivity contribution in [3.05, 3.63) is 66.2 Å². The van der Waals surface area contributed by atoms with Crippen molar-refractivity contribution < 1.29 is 17.6 Å². The zero-order valence-corrected chi connectivity index (χ0v) is 16.3. The number of nitrogens with one attached hydrogen (secondary N) is 1. The molecule has 0 bridgehead atoms. The van der Waals surface area contributed by atoms with Crippen LogP contribution in [0.15, 0.2) is 59.3 Å². The lowest BCUT2D eigenvalue weighted by atomic mass is 10.1. The number of nitrogens with zero attached hydrogens (tertiary/aromatic N) is 1. The third kappa shape index (κ3) is 4.19. The number of benzene rings is 1. The van der Waals surface area contributed by atoms with Gasteiger partial charge in [0.05, 0.1) is 4.75 Å². The molecule has 0 fully saturated rings. The van der Waals surface area contributed by atoms with Crippen LogP contribution in [0.3, 0.4) is 0 Å². The molecule has 1 aromatic carbocycles. The zero-order valence-electron chi connectivity index (χ0n) is 15.5. The first kappa shape index (κ1) is 19.1. The second-order valence-corrected chi connectivity index (χ2v) is 10.1. The monoisotopic (exact) mass is 386 g/mol. The Balaban J connectivity index is 1.93. The Kier molecular flexibility index (Phi) is 5.06. The molecule has 3 aromatic rings. The highest BCUT2D eigenvalue weighted by Gasteiger charge is 2.32. The molecule has 142 valence electrons. The minimum Gasteiger partial charge on any atom is -0.459 e. The molecule has 1 unspecified atom stereocenters. The second-order valence-electron chi connectivity index (χ2n) is 7.34. The summed E-state index contributed by atoms with van der Waals surface area (Å²) in [5.41, 5.74) is 1.40. The molecule has 1 amide bonds. The van der Waals surface area contributed by atoms with E-state index < -0.39 is 32.3 Å². The average molecular weight is 386 g/mol. The Morgan fingerprint density at radius 2 is 1.93 bits per heavy atom. The van der Waals surface area contributed by atoms with Crippen molar-refractivity contribution in [2.24, 2.45) is 0 Å². The fraction of sp³-hybridized carbons (Fsp3) is 0.300. The van der Waals surface area contributed by atoms with E-state index in [2.05, 4.69) is 10.3 Å². The summed E-state index contributed by atoms with van der Waals surface area (Å²) in [6.45, 7) is 4.73. The van der Waals surface area contributed by atoms with Gasteiger partial charge < -0.3 is 9.73 Å². The summed E-state index contributed by atoms with van der Waals surface area (Å²) in [6.07, 6.45) is 3.25. The normalized spacial score (nSPS) is 13.4. The van der Waals surface area contributed by atoms with Crippen LogP contribution in [0, 0.1) is 0 Å².